The third-order valence-electron chi connectivity index (χ3n) is 3.41. The fourth-order valence-electron chi connectivity index (χ4n) is 2.29. The lowest BCUT2D eigenvalue weighted by Gasteiger charge is -2.20. The molecule has 1 atom stereocenters. The Morgan fingerprint density at radius 3 is 2.29 bits per heavy atom. The lowest BCUT2D eigenvalue weighted by atomic mass is 10.0. The Labute approximate surface area is 137 Å². The largest absolute Gasteiger partial charge is 0.418 e. The van der Waals surface area contributed by atoms with Crippen LogP contribution in [0.1, 0.15) is 23.6 Å². The second kappa shape index (κ2) is 7.83. The van der Waals surface area contributed by atoms with Crippen molar-refractivity contribution >= 4 is 11.7 Å². The molecule has 2 amide bonds. The number of para-hydroxylation sites is 1. The first-order chi connectivity index (χ1) is 11.4. The number of anilines is 1. The summed E-state index contributed by atoms with van der Waals surface area (Å²) in [6.07, 6.45) is -4.31. The van der Waals surface area contributed by atoms with E-state index < -0.39 is 23.8 Å². The first-order valence-electron chi connectivity index (χ1n) is 7.31. The summed E-state index contributed by atoms with van der Waals surface area (Å²) in [6, 6.07) is 12.4. The van der Waals surface area contributed by atoms with Gasteiger partial charge in [0.2, 0.25) is 0 Å². The molecule has 2 aromatic carbocycles. The number of alkyl halides is 3. The highest BCUT2D eigenvalue weighted by Crippen LogP contribution is 2.34. The van der Waals surface area contributed by atoms with Gasteiger partial charge in [-0.3, -0.25) is 0 Å². The number of benzene rings is 2. The second-order valence-corrected chi connectivity index (χ2v) is 5.12. The number of nitrogens with one attached hydrogen (secondary N) is 2. The topological polar surface area (TPSA) is 61.4 Å². The van der Waals surface area contributed by atoms with Crippen LogP contribution in [-0.2, 0) is 6.18 Å². The third kappa shape index (κ3) is 4.73. The van der Waals surface area contributed by atoms with E-state index in [1.54, 1.807) is 30.3 Å². The van der Waals surface area contributed by atoms with Gasteiger partial charge in [0.05, 0.1) is 17.3 Å². The highest BCUT2D eigenvalue weighted by Gasteiger charge is 2.33. The maximum atomic E-state index is 12.9. The van der Waals surface area contributed by atoms with Gasteiger partial charge in [0.15, 0.2) is 0 Å². The molecular weight excluding hydrogens is 321 g/mol. The molecule has 7 heteroatoms. The van der Waals surface area contributed by atoms with Gasteiger partial charge in [-0.1, -0.05) is 42.5 Å². The normalized spacial score (nSPS) is 12.5. The standard InChI is InChI=1S/C17H17F3N2O2/c18-17(19,20)13-8-4-5-9-15(13)22-16(24)21-14(10-11-23)12-6-2-1-3-7-12/h1-9,14,23H,10-11H2,(H2,21,22,24)/t14-/m1/s1. The molecular formula is C17H17F3N2O2. The molecule has 0 spiro atoms. The average molecular weight is 338 g/mol. The first kappa shape index (κ1) is 17.8. The van der Waals surface area contributed by atoms with Crippen molar-refractivity contribution in [3.8, 4) is 0 Å². The molecule has 0 radical (unpaired) electrons. The first-order valence-corrected chi connectivity index (χ1v) is 7.31. The van der Waals surface area contributed by atoms with Gasteiger partial charge in [-0.05, 0) is 24.1 Å². The van der Waals surface area contributed by atoms with Crippen LogP contribution in [0.5, 0.6) is 0 Å². The van der Waals surface area contributed by atoms with Crippen molar-refractivity contribution in [3.63, 3.8) is 0 Å². The molecule has 0 aromatic heterocycles. The van der Waals surface area contributed by atoms with E-state index in [9.17, 15) is 18.0 Å². The highest BCUT2D eigenvalue weighted by molar-refractivity contribution is 5.90. The summed E-state index contributed by atoms with van der Waals surface area (Å²) in [5, 5.41) is 13.9. The van der Waals surface area contributed by atoms with Crippen LogP contribution >= 0.6 is 0 Å². The van der Waals surface area contributed by atoms with Gasteiger partial charge in [-0.2, -0.15) is 13.2 Å². The molecule has 2 aromatic rings. The van der Waals surface area contributed by atoms with E-state index in [0.717, 1.165) is 11.6 Å². The van der Waals surface area contributed by atoms with E-state index in [4.69, 9.17) is 5.11 Å². The Bertz CT molecular complexity index is 675. The van der Waals surface area contributed by atoms with Crippen LogP contribution in [0, 0.1) is 0 Å². The number of carbonyl (C=O) groups excluding carboxylic acids is 1. The van der Waals surface area contributed by atoms with Gasteiger partial charge in [-0.25, -0.2) is 4.79 Å². The minimum atomic E-state index is -4.56. The third-order valence-corrected chi connectivity index (χ3v) is 3.41. The average Bonchev–Trinajstić information content (AvgIpc) is 2.55. The van der Waals surface area contributed by atoms with Crippen molar-refractivity contribution in [3.05, 3.63) is 65.7 Å². The van der Waals surface area contributed by atoms with E-state index in [1.807, 2.05) is 0 Å². The van der Waals surface area contributed by atoms with Crippen molar-refractivity contribution in [1.82, 2.24) is 5.32 Å². The second-order valence-electron chi connectivity index (χ2n) is 5.12. The molecule has 128 valence electrons. The maximum absolute atomic E-state index is 12.9. The predicted molar refractivity (Wildman–Crippen MR) is 84.5 cm³/mol. The predicted octanol–water partition coefficient (Wildman–Crippen LogP) is 3.95. The number of halogens is 3. The molecule has 2 rings (SSSR count). The van der Waals surface area contributed by atoms with Gasteiger partial charge in [0.25, 0.3) is 0 Å². The van der Waals surface area contributed by atoms with Gasteiger partial charge >= 0.3 is 12.2 Å². The van der Waals surface area contributed by atoms with E-state index in [2.05, 4.69) is 10.6 Å². The van der Waals surface area contributed by atoms with E-state index in [0.29, 0.717) is 0 Å². The Morgan fingerprint density at radius 1 is 1.04 bits per heavy atom. The molecule has 0 saturated heterocycles. The fourth-order valence-corrected chi connectivity index (χ4v) is 2.29. The van der Waals surface area contributed by atoms with Crippen LogP contribution in [0.25, 0.3) is 0 Å². The number of urea groups is 1. The Kier molecular flexibility index (Phi) is 5.81. The number of hydrogen-bond acceptors (Lipinski definition) is 2. The van der Waals surface area contributed by atoms with E-state index in [-0.39, 0.29) is 18.7 Å². The summed E-state index contributed by atoms with van der Waals surface area (Å²) in [7, 11) is 0. The molecule has 0 heterocycles. The van der Waals surface area contributed by atoms with Crippen molar-refractivity contribution in [2.45, 2.75) is 18.6 Å². The Balaban J connectivity index is 2.12. The summed E-state index contributed by atoms with van der Waals surface area (Å²) < 4.78 is 38.8. The van der Waals surface area contributed by atoms with Crippen LogP contribution in [0.4, 0.5) is 23.7 Å². The van der Waals surface area contributed by atoms with Gasteiger partial charge in [0.1, 0.15) is 0 Å². The summed E-state index contributed by atoms with van der Waals surface area (Å²) in [5.74, 6) is 0. The molecule has 0 bridgehead atoms. The molecule has 0 unspecified atom stereocenters. The van der Waals surface area contributed by atoms with E-state index in [1.165, 1.54) is 18.2 Å². The minimum Gasteiger partial charge on any atom is -0.396 e. The molecule has 3 N–H and O–H groups in total. The van der Waals surface area contributed by atoms with Crippen LogP contribution in [0.15, 0.2) is 54.6 Å². The smallest absolute Gasteiger partial charge is 0.396 e. The number of aliphatic hydroxyl groups excluding tert-OH is 1. The maximum Gasteiger partial charge on any atom is 0.418 e. The molecule has 0 fully saturated rings. The van der Waals surface area contributed by atoms with Crippen molar-refractivity contribution in [2.75, 3.05) is 11.9 Å². The zero-order chi connectivity index (χ0) is 17.6. The van der Waals surface area contributed by atoms with Crippen LogP contribution < -0.4 is 10.6 Å². The lowest BCUT2D eigenvalue weighted by Crippen LogP contribution is -2.33. The number of amides is 2. The summed E-state index contributed by atoms with van der Waals surface area (Å²) >= 11 is 0. The fraction of sp³-hybridized carbons (Fsp3) is 0.235. The van der Waals surface area contributed by atoms with Crippen LogP contribution in [0.3, 0.4) is 0 Å². The number of rotatable bonds is 5. The summed E-state index contributed by atoms with van der Waals surface area (Å²) in [4.78, 5) is 12.1. The SMILES string of the molecule is O=C(Nc1ccccc1C(F)(F)F)N[C@H](CCO)c1ccccc1. The quantitative estimate of drug-likeness (QED) is 0.773. The molecule has 0 aliphatic rings. The Morgan fingerprint density at radius 2 is 1.67 bits per heavy atom. The molecule has 0 aliphatic heterocycles. The zero-order valence-electron chi connectivity index (χ0n) is 12.7. The summed E-state index contributed by atoms with van der Waals surface area (Å²) in [5.41, 5.74) is -0.484. The molecule has 24 heavy (non-hydrogen) atoms. The van der Waals surface area contributed by atoms with E-state index >= 15 is 0 Å². The van der Waals surface area contributed by atoms with Crippen LogP contribution in [-0.4, -0.2) is 17.7 Å². The molecule has 0 saturated carbocycles. The van der Waals surface area contributed by atoms with Gasteiger partial charge in [-0.15, -0.1) is 0 Å². The molecule has 0 aliphatic carbocycles. The van der Waals surface area contributed by atoms with Crippen molar-refractivity contribution < 1.29 is 23.1 Å². The zero-order valence-corrected chi connectivity index (χ0v) is 12.7. The number of carbonyl (C=O) groups is 1. The number of hydrogen-bond donors (Lipinski definition) is 3. The minimum absolute atomic E-state index is 0.168. The van der Waals surface area contributed by atoms with Crippen LogP contribution in [0.2, 0.25) is 0 Å². The van der Waals surface area contributed by atoms with Gasteiger partial charge < -0.3 is 15.7 Å². The van der Waals surface area contributed by atoms with Crippen molar-refractivity contribution in [1.29, 1.82) is 0 Å². The number of aliphatic hydroxyl groups is 1. The lowest BCUT2D eigenvalue weighted by molar-refractivity contribution is -0.136. The monoisotopic (exact) mass is 338 g/mol. The van der Waals surface area contributed by atoms with Gasteiger partial charge in [0, 0.05) is 6.61 Å². The summed E-state index contributed by atoms with van der Waals surface area (Å²) in [6.45, 7) is -0.168. The molecule has 4 nitrogen and oxygen atoms in total. The Hall–Kier alpha value is -2.54. The van der Waals surface area contributed by atoms with Crippen molar-refractivity contribution in [2.24, 2.45) is 0 Å². The highest BCUT2D eigenvalue weighted by atomic mass is 19.4.